The lowest BCUT2D eigenvalue weighted by molar-refractivity contribution is -0.246. The van der Waals surface area contributed by atoms with Crippen molar-refractivity contribution in [2.45, 2.75) is 58.7 Å². The molecule has 0 unspecified atom stereocenters. The van der Waals surface area contributed by atoms with Crippen LogP contribution in [0.2, 0.25) is 0 Å². The Bertz CT molecular complexity index is 546. The molecule has 0 aromatic carbocycles. The number of Topliss-reactive ketones (excluding diaryl/α,β-unsaturated/α-hetero) is 3. The zero-order chi connectivity index (χ0) is 15.5. The Kier molecular flexibility index (Phi) is 2.97. The van der Waals surface area contributed by atoms with Crippen LogP contribution in [0.5, 0.6) is 0 Å². The molecule has 1 fully saturated rings. The fourth-order valence-electron chi connectivity index (χ4n) is 3.31. The Morgan fingerprint density at radius 2 is 1.45 bits per heavy atom. The van der Waals surface area contributed by atoms with E-state index in [2.05, 4.69) is 0 Å². The first-order valence-corrected chi connectivity index (χ1v) is 6.34. The van der Waals surface area contributed by atoms with Crippen molar-refractivity contribution >= 4 is 17.3 Å². The molecule has 1 saturated heterocycles. The molecule has 6 heteroatoms. The topological polar surface area (TPSA) is 78.9 Å². The van der Waals surface area contributed by atoms with Gasteiger partial charge in [-0.25, -0.2) is 0 Å². The summed E-state index contributed by atoms with van der Waals surface area (Å²) in [5, 5.41) is 0. The van der Waals surface area contributed by atoms with Crippen LogP contribution in [0.1, 0.15) is 41.5 Å². The van der Waals surface area contributed by atoms with Crippen molar-refractivity contribution in [3.63, 3.8) is 0 Å². The van der Waals surface area contributed by atoms with E-state index in [1.54, 1.807) is 6.92 Å². The highest BCUT2D eigenvalue weighted by atomic mass is 16.9. The van der Waals surface area contributed by atoms with Crippen molar-refractivity contribution < 1.29 is 28.6 Å². The Balaban J connectivity index is 2.69. The van der Waals surface area contributed by atoms with Crippen LogP contribution in [0.3, 0.4) is 0 Å². The van der Waals surface area contributed by atoms with Gasteiger partial charge in [0, 0.05) is 6.92 Å². The van der Waals surface area contributed by atoms with Crippen molar-refractivity contribution in [3.8, 4) is 0 Å². The molecule has 0 saturated carbocycles. The summed E-state index contributed by atoms with van der Waals surface area (Å²) in [6, 6.07) is 0. The molecule has 0 aromatic rings. The van der Waals surface area contributed by atoms with Crippen LogP contribution in [0, 0.1) is 0 Å². The third kappa shape index (κ3) is 1.55. The number of ketones is 3. The molecule has 2 aliphatic rings. The molecule has 0 aliphatic carbocycles. The smallest absolute Gasteiger partial charge is 0.253 e. The predicted octanol–water partition coefficient (Wildman–Crippen LogP) is 1.28. The maximum atomic E-state index is 12.1. The molecule has 0 N–H and O–H groups in total. The van der Waals surface area contributed by atoms with Crippen LogP contribution in [0.25, 0.3) is 0 Å². The zero-order valence-corrected chi connectivity index (χ0v) is 12.4. The van der Waals surface area contributed by atoms with Crippen LogP contribution in [0.15, 0.2) is 11.3 Å². The molecule has 110 valence electrons. The van der Waals surface area contributed by atoms with Gasteiger partial charge in [0.25, 0.3) is 11.4 Å². The average Bonchev–Trinajstić information content (AvgIpc) is 2.41. The monoisotopic (exact) mass is 282 g/mol. The van der Waals surface area contributed by atoms with Crippen molar-refractivity contribution in [2.24, 2.45) is 0 Å². The number of fused-ring (bicyclic) bond motifs is 2. The predicted molar refractivity (Wildman–Crippen MR) is 67.5 cm³/mol. The number of carbonyl (C=O) groups is 3. The summed E-state index contributed by atoms with van der Waals surface area (Å²) >= 11 is 0. The third-order valence-electron chi connectivity index (χ3n) is 3.87. The van der Waals surface area contributed by atoms with Gasteiger partial charge in [0.2, 0.25) is 5.79 Å². The highest BCUT2D eigenvalue weighted by molar-refractivity contribution is 6.10. The lowest BCUT2D eigenvalue weighted by Crippen LogP contribution is -2.60. The maximum Gasteiger partial charge on any atom is 0.253 e. The Hall–Kier alpha value is -1.53. The van der Waals surface area contributed by atoms with E-state index >= 15 is 0 Å². The summed E-state index contributed by atoms with van der Waals surface area (Å²) in [6.45, 7) is 8.42. The highest BCUT2D eigenvalue weighted by Gasteiger charge is 2.73. The molecule has 0 radical (unpaired) electrons. The van der Waals surface area contributed by atoms with Crippen molar-refractivity contribution in [1.82, 2.24) is 0 Å². The highest BCUT2D eigenvalue weighted by Crippen LogP contribution is 2.53. The number of ether oxygens (including phenoxy) is 3. The van der Waals surface area contributed by atoms with E-state index in [-0.39, 0.29) is 11.4 Å². The second-order valence-corrected chi connectivity index (χ2v) is 5.48. The number of hydrogen-bond donors (Lipinski definition) is 0. The minimum absolute atomic E-state index is 0.180. The first-order chi connectivity index (χ1) is 9.00. The van der Waals surface area contributed by atoms with E-state index < -0.39 is 28.7 Å². The van der Waals surface area contributed by atoms with Crippen molar-refractivity contribution in [3.05, 3.63) is 11.3 Å². The van der Waals surface area contributed by atoms with E-state index in [9.17, 15) is 14.4 Å². The van der Waals surface area contributed by atoms with E-state index in [1.807, 2.05) is 0 Å². The lowest BCUT2D eigenvalue weighted by Gasteiger charge is -2.38. The normalized spacial score (nSPS) is 34.7. The number of allylic oxidation sites excluding steroid dienone is 1. The summed E-state index contributed by atoms with van der Waals surface area (Å²) in [7, 11) is 0. The molecule has 0 amide bonds. The number of rotatable bonds is 3. The molecule has 2 bridgehead atoms. The van der Waals surface area contributed by atoms with Crippen molar-refractivity contribution in [2.75, 3.05) is 0 Å². The summed E-state index contributed by atoms with van der Waals surface area (Å²) in [5.41, 5.74) is -1.69. The molecule has 2 rings (SSSR count). The zero-order valence-electron chi connectivity index (χ0n) is 12.4. The first kappa shape index (κ1) is 14.9. The van der Waals surface area contributed by atoms with Gasteiger partial charge in [-0.1, -0.05) is 0 Å². The first-order valence-electron chi connectivity index (χ1n) is 6.34. The van der Waals surface area contributed by atoms with Gasteiger partial charge in [-0.2, -0.15) is 0 Å². The molecule has 2 heterocycles. The maximum absolute atomic E-state index is 12.1. The van der Waals surface area contributed by atoms with Gasteiger partial charge in [0.05, 0.1) is 5.57 Å². The van der Waals surface area contributed by atoms with E-state index in [1.165, 1.54) is 34.6 Å². The summed E-state index contributed by atoms with van der Waals surface area (Å²) in [5.74, 6) is -4.08. The minimum atomic E-state index is -1.87. The van der Waals surface area contributed by atoms with Crippen LogP contribution in [-0.2, 0) is 28.6 Å². The average molecular weight is 282 g/mol. The van der Waals surface area contributed by atoms with Crippen LogP contribution >= 0.6 is 0 Å². The van der Waals surface area contributed by atoms with Crippen LogP contribution < -0.4 is 0 Å². The number of hydrogen-bond acceptors (Lipinski definition) is 6. The fourth-order valence-corrected chi connectivity index (χ4v) is 3.31. The molecular weight excluding hydrogens is 264 g/mol. The van der Waals surface area contributed by atoms with E-state index in [0.29, 0.717) is 5.76 Å². The van der Waals surface area contributed by atoms with Gasteiger partial charge < -0.3 is 14.2 Å². The van der Waals surface area contributed by atoms with E-state index in [4.69, 9.17) is 14.2 Å². The summed E-state index contributed by atoms with van der Waals surface area (Å²) in [4.78, 5) is 35.9. The van der Waals surface area contributed by atoms with Crippen molar-refractivity contribution in [1.29, 1.82) is 0 Å². The molecule has 0 aromatic heterocycles. The van der Waals surface area contributed by atoms with E-state index in [0.717, 1.165) is 0 Å². The standard InChI is InChI=1S/C14H18O6/c1-7(15)11-8(2)18-13(6)14(9(3)16,10(4)17)20-12(11,5)19-13/h1-6H3/t12-,13+/m0/s1. The molecule has 2 atom stereocenters. The Morgan fingerprint density at radius 3 is 1.85 bits per heavy atom. The Morgan fingerprint density at radius 1 is 0.950 bits per heavy atom. The summed E-state index contributed by atoms with van der Waals surface area (Å²) in [6.07, 6.45) is 0. The number of carbonyl (C=O) groups excluding carboxylic acids is 3. The fraction of sp³-hybridized carbons (Fsp3) is 0.643. The second-order valence-electron chi connectivity index (χ2n) is 5.48. The van der Waals surface area contributed by atoms with Gasteiger partial charge in [0.15, 0.2) is 17.3 Å². The molecule has 2 aliphatic heterocycles. The van der Waals surface area contributed by atoms with Gasteiger partial charge in [-0.15, -0.1) is 0 Å². The molecule has 6 nitrogen and oxygen atoms in total. The van der Waals surface area contributed by atoms with Gasteiger partial charge in [0.1, 0.15) is 5.76 Å². The molecule has 0 spiro atoms. The van der Waals surface area contributed by atoms with Crippen LogP contribution in [-0.4, -0.2) is 34.5 Å². The van der Waals surface area contributed by atoms with Gasteiger partial charge in [-0.3, -0.25) is 14.4 Å². The molecular formula is C14H18O6. The Labute approximate surface area is 117 Å². The van der Waals surface area contributed by atoms with Gasteiger partial charge >= 0.3 is 0 Å². The second kappa shape index (κ2) is 3.99. The third-order valence-corrected chi connectivity index (χ3v) is 3.87. The van der Waals surface area contributed by atoms with Gasteiger partial charge in [-0.05, 0) is 34.6 Å². The SMILES string of the molecule is CC(=O)C1=C(C)O[C@]2(C)O[C@@]1(C)OC2(C(C)=O)C(C)=O. The lowest BCUT2D eigenvalue weighted by atomic mass is 9.86. The minimum Gasteiger partial charge on any atom is -0.462 e. The summed E-state index contributed by atoms with van der Waals surface area (Å²) < 4.78 is 17.0. The molecule has 20 heavy (non-hydrogen) atoms. The quantitative estimate of drug-likeness (QED) is 0.725. The largest absolute Gasteiger partial charge is 0.462 e. The van der Waals surface area contributed by atoms with Crippen LogP contribution in [0.4, 0.5) is 0 Å².